The van der Waals surface area contributed by atoms with Crippen molar-refractivity contribution in [1.29, 1.82) is 0 Å². The van der Waals surface area contributed by atoms with E-state index in [9.17, 15) is 35.5 Å². The van der Waals surface area contributed by atoms with E-state index in [4.69, 9.17) is 9.47 Å². The lowest BCUT2D eigenvalue weighted by Gasteiger charge is -2.14. The van der Waals surface area contributed by atoms with Crippen molar-refractivity contribution in [1.82, 2.24) is 0 Å². The van der Waals surface area contributed by atoms with Gasteiger partial charge in [0.15, 0.2) is 0 Å². The molecule has 2 aromatic carbocycles. The van der Waals surface area contributed by atoms with E-state index in [1.54, 1.807) is 0 Å². The summed E-state index contributed by atoms with van der Waals surface area (Å²) in [4.78, 5) is 21.8. The van der Waals surface area contributed by atoms with Gasteiger partial charge in [-0.2, -0.15) is 16.8 Å². The largest absolute Gasteiger partial charge is 0.423 e. The van der Waals surface area contributed by atoms with Crippen molar-refractivity contribution in [3.63, 3.8) is 0 Å². The van der Waals surface area contributed by atoms with Gasteiger partial charge in [-0.15, -0.1) is 0 Å². The summed E-state index contributed by atoms with van der Waals surface area (Å²) < 4.78 is 77.0. The molecule has 12 heteroatoms. The van der Waals surface area contributed by atoms with Crippen LogP contribution in [0.15, 0.2) is 70.5 Å². The van der Waals surface area contributed by atoms with E-state index in [0.717, 1.165) is 36.4 Å². The second-order valence-corrected chi connectivity index (χ2v) is 9.39. The fourth-order valence-corrected chi connectivity index (χ4v) is 3.83. The van der Waals surface area contributed by atoms with Crippen LogP contribution >= 0.6 is 0 Å². The number of rotatable bonds is 7. The fourth-order valence-electron chi connectivity index (χ4n) is 2.39. The van der Waals surface area contributed by atoms with E-state index in [1.165, 1.54) is 13.8 Å². The molecule has 0 heterocycles. The zero-order valence-electron chi connectivity index (χ0n) is 16.9. The number of benzene rings is 2. The van der Waals surface area contributed by atoms with Crippen LogP contribution in [0.3, 0.4) is 0 Å². The summed E-state index contributed by atoms with van der Waals surface area (Å²) in [6.45, 7) is 9.50. The topological polar surface area (TPSA) is 161 Å². The Bertz CT molecular complexity index is 1250. The van der Waals surface area contributed by atoms with Crippen LogP contribution in [-0.4, -0.2) is 37.9 Å². The first-order valence-electron chi connectivity index (χ1n) is 8.60. The molecule has 0 amide bonds. The van der Waals surface area contributed by atoms with Crippen LogP contribution in [0.5, 0.6) is 11.5 Å². The maximum Gasteiger partial charge on any atom is 0.338 e. The van der Waals surface area contributed by atoms with Gasteiger partial charge in [0.25, 0.3) is 20.2 Å². The second kappa shape index (κ2) is 9.04. The normalized spacial score (nSPS) is 11.5. The number of esters is 2. The Balaban J connectivity index is 2.72. The predicted molar refractivity (Wildman–Crippen MR) is 112 cm³/mol. The van der Waals surface area contributed by atoms with Gasteiger partial charge in [0.1, 0.15) is 21.3 Å². The first-order valence-corrected chi connectivity index (χ1v) is 11.5. The molecule has 32 heavy (non-hydrogen) atoms. The Hall–Kier alpha value is -3.32. The monoisotopic (exact) mass is 482 g/mol. The summed E-state index contributed by atoms with van der Waals surface area (Å²) in [6, 6.07) is 6.02. The molecule has 2 N–H and O–H groups in total. The van der Waals surface area contributed by atoms with Crippen LogP contribution in [0.2, 0.25) is 0 Å². The van der Waals surface area contributed by atoms with E-state index in [0.29, 0.717) is 0 Å². The predicted octanol–water partition coefficient (Wildman–Crippen LogP) is 2.81. The van der Waals surface area contributed by atoms with Gasteiger partial charge in [-0.25, -0.2) is 9.59 Å². The maximum atomic E-state index is 12.0. The van der Waals surface area contributed by atoms with Gasteiger partial charge < -0.3 is 9.47 Å². The molecule has 0 spiro atoms. The van der Waals surface area contributed by atoms with Crippen LogP contribution in [-0.2, 0) is 29.8 Å². The second-order valence-electron chi connectivity index (χ2n) is 6.61. The van der Waals surface area contributed by atoms with Crippen molar-refractivity contribution in [3.8, 4) is 22.6 Å². The Morgan fingerprint density at radius 2 is 1.03 bits per heavy atom. The zero-order chi connectivity index (χ0) is 24.4. The van der Waals surface area contributed by atoms with Crippen molar-refractivity contribution in [2.75, 3.05) is 0 Å². The van der Waals surface area contributed by atoms with Crippen LogP contribution in [0.25, 0.3) is 11.1 Å². The van der Waals surface area contributed by atoms with Gasteiger partial charge in [-0.05, 0) is 38.1 Å². The standard InChI is InChI=1S/C20H18O10S2/c1-11(2)19(21)29-13-5-7-15(17(9-13)31(23,24)25)16-8-6-14(30-20(22)12(3)4)10-18(16)32(26,27)28/h5-10H,1,3H2,2,4H3,(H,23,24,25)(H,26,27,28). The number of ether oxygens (including phenoxy) is 2. The van der Waals surface area contributed by atoms with Crippen LogP contribution < -0.4 is 9.47 Å². The van der Waals surface area contributed by atoms with Gasteiger partial charge in [-0.1, -0.05) is 13.2 Å². The van der Waals surface area contributed by atoms with Gasteiger partial charge >= 0.3 is 11.9 Å². The minimum Gasteiger partial charge on any atom is -0.423 e. The SMILES string of the molecule is C=C(C)C(=O)Oc1ccc(-c2ccc(OC(=O)C(=C)C)cc2S(=O)(=O)O)c(S(=O)(=O)O)c1. The summed E-state index contributed by atoms with van der Waals surface area (Å²) in [5.41, 5.74) is -0.631. The van der Waals surface area contributed by atoms with Crippen LogP contribution in [0, 0.1) is 0 Å². The summed E-state index contributed by atoms with van der Waals surface area (Å²) in [5.74, 6) is -2.26. The third-order valence-corrected chi connectivity index (χ3v) is 5.66. The molecule has 0 atom stereocenters. The Morgan fingerprint density at radius 1 is 0.719 bits per heavy atom. The van der Waals surface area contributed by atoms with Gasteiger partial charge in [-0.3, -0.25) is 9.11 Å². The van der Waals surface area contributed by atoms with Crippen molar-refractivity contribution < 1.29 is 45.0 Å². The molecule has 10 nitrogen and oxygen atoms in total. The third kappa shape index (κ3) is 5.88. The molecule has 170 valence electrons. The molecule has 0 aliphatic heterocycles. The van der Waals surface area contributed by atoms with Gasteiger partial charge in [0.05, 0.1) is 0 Å². The van der Waals surface area contributed by atoms with Crippen molar-refractivity contribution in [2.45, 2.75) is 23.6 Å². The highest BCUT2D eigenvalue weighted by Crippen LogP contribution is 2.36. The molecule has 0 aromatic heterocycles. The van der Waals surface area contributed by atoms with Gasteiger partial charge in [0.2, 0.25) is 0 Å². The molecule has 2 aromatic rings. The van der Waals surface area contributed by atoms with Crippen LogP contribution in [0.1, 0.15) is 13.8 Å². The Kier molecular flexibility index (Phi) is 7.05. The quantitative estimate of drug-likeness (QED) is 0.260. The molecule has 2 rings (SSSR count). The van der Waals surface area contributed by atoms with E-state index >= 15 is 0 Å². The van der Waals surface area contributed by atoms with Crippen molar-refractivity contribution in [3.05, 3.63) is 60.7 Å². The van der Waals surface area contributed by atoms with E-state index < -0.39 is 42.0 Å². The summed E-state index contributed by atoms with van der Waals surface area (Å²) >= 11 is 0. The average molecular weight is 482 g/mol. The lowest BCUT2D eigenvalue weighted by atomic mass is 10.1. The maximum absolute atomic E-state index is 12.0. The number of carbonyl (C=O) groups excluding carboxylic acids is 2. The summed E-state index contributed by atoms with van der Waals surface area (Å²) in [5, 5.41) is 0. The first-order chi connectivity index (χ1) is 14.6. The highest BCUT2D eigenvalue weighted by molar-refractivity contribution is 7.86. The minimum absolute atomic E-state index is 0.0241. The zero-order valence-corrected chi connectivity index (χ0v) is 18.5. The van der Waals surface area contributed by atoms with E-state index in [2.05, 4.69) is 13.2 Å². The first kappa shape index (κ1) is 24.9. The molecular formula is C20H18O10S2. The van der Waals surface area contributed by atoms with E-state index in [1.807, 2.05) is 0 Å². The molecule has 0 saturated heterocycles. The fraction of sp³-hybridized carbons (Fsp3) is 0.100. The number of carbonyl (C=O) groups is 2. The Labute approximate surface area is 184 Å². The number of hydrogen-bond donors (Lipinski definition) is 2. The molecule has 0 bridgehead atoms. The van der Waals surface area contributed by atoms with Crippen molar-refractivity contribution >= 4 is 32.2 Å². The summed E-state index contributed by atoms with van der Waals surface area (Å²) in [7, 11) is -9.90. The van der Waals surface area contributed by atoms with E-state index in [-0.39, 0.29) is 33.8 Å². The summed E-state index contributed by atoms with van der Waals surface area (Å²) in [6.07, 6.45) is 0. The molecular weight excluding hydrogens is 464 g/mol. The van der Waals surface area contributed by atoms with Crippen molar-refractivity contribution in [2.24, 2.45) is 0 Å². The molecule has 0 fully saturated rings. The number of hydrogen-bond acceptors (Lipinski definition) is 8. The lowest BCUT2D eigenvalue weighted by molar-refractivity contribution is -0.130. The minimum atomic E-state index is -4.95. The van der Waals surface area contributed by atoms with Crippen LogP contribution in [0.4, 0.5) is 0 Å². The molecule has 0 saturated carbocycles. The highest BCUT2D eigenvalue weighted by Gasteiger charge is 2.25. The third-order valence-electron chi connectivity index (χ3n) is 3.87. The Morgan fingerprint density at radius 3 is 1.28 bits per heavy atom. The molecule has 0 aliphatic carbocycles. The molecule has 0 unspecified atom stereocenters. The average Bonchev–Trinajstić information content (AvgIpc) is 2.66. The lowest BCUT2D eigenvalue weighted by Crippen LogP contribution is -2.11. The molecule has 0 radical (unpaired) electrons. The smallest absolute Gasteiger partial charge is 0.338 e. The highest BCUT2D eigenvalue weighted by atomic mass is 32.2. The molecule has 0 aliphatic rings. The van der Waals surface area contributed by atoms with Gasteiger partial charge in [0, 0.05) is 34.4 Å².